The van der Waals surface area contributed by atoms with Crippen LogP contribution in [0.25, 0.3) is 10.8 Å². The molecule has 104 valence electrons. The van der Waals surface area contributed by atoms with Crippen LogP contribution < -0.4 is 11.1 Å². The van der Waals surface area contributed by atoms with Gasteiger partial charge in [-0.05, 0) is 44.2 Å². The van der Waals surface area contributed by atoms with Crippen molar-refractivity contribution >= 4 is 22.1 Å². The molecule has 3 rings (SSSR count). The van der Waals surface area contributed by atoms with Crippen molar-refractivity contribution in [1.29, 1.82) is 0 Å². The molecule has 2 aromatic rings. The number of nitrogens with two attached hydrogens (primary N) is 1. The Hall–Kier alpha value is -2.03. The second kappa shape index (κ2) is 5.95. The second-order valence-corrected chi connectivity index (χ2v) is 5.41. The molecule has 1 aliphatic carbocycles. The van der Waals surface area contributed by atoms with Gasteiger partial charge in [0, 0.05) is 29.7 Å². The van der Waals surface area contributed by atoms with Gasteiger partial charge in [0.05, 0.1) is 11.4 Å². The topological polar surface area (TPSA) is 50.9 Å². The van der Waals surface area contributed by atoms with Crippen molar-refractivity contribution in [3.8, 4) is 0 Å². The molecule has 0 spiro atoms. The number of nitrogen functional groups attached to an aromatic ring is 1. The van der Waals surface area contributed by atoms with Crippen LogP contribution >= 0.6 is 0 Å². The Morgan fingerprint density at radius 3 is 3.00 bits per heavy atom. The smallest absolute Gasteiger partial charge is 0.0630 e. The molecule has 0 aliphatic heterocycles. The highest BCUT2D eigenvalue weighted by Gasteiger charge is 2.06. The maximum absolute atomic E-state index is 6.23. The van der Waals surface area contributed by atoms with Crippen molar-refractivity contribution in [2.45, 2.75) is 32.1 Å². The van der Waals surface area contributed by atoms with Gasteiger partial charge in [-0.3, -0.25) is 4.98 Å². The van der Waals surface area contributed by atoms with Gasteiger partial charge in [0.2, 0.25) is 0 Å². The zero-order valence-corrected chi connectivity index (χ0v) is 11.7. The predicted octanol–water partition coefficient (Wildman–Crippen LogP) is 4.12. The number of fused-ring (bicyclic) bond motifs is 1. The van der Waals surface area contributed by atoms with E-state index in [9.17, 15) is 0 Å². The number of allylic oxidation sites excluding steroid dienone is 1. The number of hydrogen-bond donors (Lipinski definition) is 2. The van der Waals surface area contributed by atoms with Gasteiger partial charge in [0.1, 0.15) is 0 Å². The van der Waals surface area contributed by atoms with E-state index >= 15 is 0 Å². The minimum atomic E-state index is 0.822. The molecule has 0 amide bonds. The monoisotopic (exact) mass is 267 g/mol. The van der Waals surface area contributed by atoms with Crippen LogP contribution in [0.2, 0.25) is 0 Å². The number of anilines is 2. The number of rotatable bonds is 4. The third-order valence-corrected chi connectivity index (χ3v) is 4.01. The summed E-state index contributed by atoms with van der Waals surface area (Å²) in [6.07, 6.45) is 12.4. The van der Waals surface area contributed by atoms with Crippen LogP contribution in [-0.4, -0.2) is 11.5 Å². The lowest BCUT2D eigenvalue weighted by molar-refractivity contribution is 0.679. The first-order chi connectivity index (χ1) is 9.84. The Kier molecular flexibility index (Phi) is 3.86. The SMILES string of the molecule is Nc1c(NCCC2=CCCCC2)ccc2cnccc12. The van der Waals surface area contributed by atoms with Crippen LogP contribution in [0.1, 0.15) is 32.1 Å². The van der Waals surface area contributed by atoms with Gasteiger partial charge >= 0.3 is 0 Å². The number of benzene rings is 1. The van der Waals surface area contributed by atoms with E-state index in [0.717, 1.165) is 35.1 Å². The molecule has 0 atom stereocenters. The fourth-order valence-corrected chi connectivity index (χ4v) is 2.84. The molecule has 1 aromatic heterocycles. The van der Waals surface area contributed by atoms with E-state index in [1.807, 2.05) is 12.3 Å². The summed E-state index contributed by atoms with van der Waals surface area (Å²) < 4.78 is 0. The van der Waals surface area contributed by atoms with E-state index in [-0.39, 0.29) is 0 Å². The van der Waals surface area contributed by atoms with E-state index in [1.54, 1.807) is 11.8 Å². The molecule has 1 aromatic carbocycles. The van der Waals surface area contributed by atoms with Gasteiger partial charge in [-0.2, -0.15) is 0 Å². The van der Waals surface area contributed by atoms with Crippen LogP contribution in [0.5, 0.6) is 0 Å². The summed E-state index contributed by atoms with van der Waals surface area (Å²) in [5.41, 5.74) is 9.67. The average molecular weight is 267 g/mol. The fraction of sp³-hybridized carbons (Fsp3) is 0.353. The lowest BCUT2D eigenvalue weighted by Crippen LogP contribution is -2.06. The third kappa shape index (κ3) is 2.77. The lowest BCUT2D eigenvalue weighted by Gasteiger charge is -2.15. The van der Waals surface area contributed by atoms with E-state index < -0.39 is 0 Å². The first-order valence-electron chi connectivity index (χ1n) is 7.38. The summed E-state index contributed by atoms with van der Waals surface area (Å²) in [6.45, 7) is 0.951. The molecule has 1 heterocycles. The van der Waals surface area contributed by atoms with Crippen molar-refractivity contribution < 1.29 is 0 Å². The summed E-state index contributed by atoms with van der Waals surface area (Å²) in [5, 5.41) is 5.63. The number of nitrogens with one attached hydrogen (secondary N) is 1. The Morgan fingerprint density at radius 2 is 2.15 bits per heavy atom. The number of nitrogens with zero attached hydrogens (tertiary/aromatic N) is 1. The van der Waals surface area contributed by atoms with Gasteiger partial charge in [0.15, 0.2) is 0 Å². The average Bonchev–Trinajstić information content (AvgIpc) is 2.51. The van der Waals surface area contributed by atoms with Gasteiger partial charge in [-0.15, -0.1) is 0 Å². The molecule has 1 aliphatic rings. The maximum atomic E-state index is 6.23. The van der Waals surface area contributed by atoms with Crippen molar-refractivity contribution in [3.63, 3.8) is 0 Å². The molecule has 0 radical (unpaired) electrons. The quantitative estimate of drug-likeness (QED) is 0.647. The first-order valence-corrected chi connectivity index (χ1v) is 7.38. The molecule has 3 nitrogen and oxygen atoms in total. The molecule has 3 heteroatoms. The fourth-order valence-electron chi connectivity index (χ4n) is 2.84. The van der Waals surface area contributed by atoms with Crippen LogP contribution in [0.15, 0.2) is 42.2 Å². The van der Waals surface area contributed by atoms with E-state index in [1.165, 1.54) is 25.7 Å². The molecule has 0 bridgehead atoms. The zero-order chi connectivity index (χ0) is 13.8. The van der Waals surface area contributed by atoms with Gasteiger partial charge < -0.3 is 11.1 Å². The van der Waals surface area contributed by atoms with Crippen molar-refractivity contribution in [1.82, 2.24) is 4.98 Å². The van der Waals surface area contributed by atoms with E-state index in [2.05, 4.69) is 28.5 Å². The van der Waals surface area contributed by atoms with Crippen LogP contribution in [0.4, 0.5) is 11.4 Å². The largest absolute Gasteiger partial charge is 0.397 e. The van der Waals surface area contributed by atoms with E-state index in [4.69, 9.17) is 5.73 Å². The summed E-state index contributed by atoms with van der Waals surface area (Å²) in [4.78, 5) is 4.12. The Balaban J connectivity index is 1.68. The lowest BCUT2D eigenvalue weighted by atomic mass is 9.97. The van der Waals surface area contributed by atoms with Gasteiger partial charge in [-0.1, -0.05) is 17.7 Å². The maximum Gasteiger partial charge on any atom is 0.0630 e. The van der Waals surface area contributed by atoms with Crippen molar-refractivity contribution in [2.75, 3.05) is 17.6 Å². The Bertz CT molecular complexity index is 631. The third-order valence-electron chi connectivity index (χ3n) is 4.01. The highest BCUT2D eigenvalue weighted by molar-refractivity contribution is 5.98. The number of pyridine rings is 1. The molecule has 3 N–H and O–H groups in total. The van der Waals surface area contributed by atoms with Crippen molar-refractivity contribution in [3.05, 3.63) is 42.2 Å². The summed E-state index contributed by atoms with van der Waals surface area (Å²) >= 11 is 0. The van der Waals surface area contributed by atoms with Crippen molar-refractivity contribution in [2.24, 2.45) is 0 Å². The van der Waals surface area contributed by atoms with Crippen LogP contribution in [-0.2, 0) is 0 Å². The molecular formula is C17H21N3. The number of aromatic nitrogens is 1. The Labute approximate surface area is 119 Å². The molecule has 20 heavy (non-hydrogen) atoms. The zero-order valence-electron chi connectivity index (χ0n) is 11.7. The summed E-state index contributed by atoms with van der Waals surface area (Å²) in [7, 11) is 0. The molecular weight excluding hydrogens is 246 g/mol. The highest BCUT2D eigenvalue weighted by atomic mass is 14.9. The summed E-state index contributed by atoms with van der Waals surface area (Å²) in [6, 6.07) is 6.09. The second-order valence-electron chi connectivity index (χ2n) is 5.41. The summed E-state index contributed by atoms with van der Waals surface area (Å²) in [5.74, 6) is 0. The molecule has 0 saturated heterocycles. The minimum absolute atomic E-state index is 0.822. The number of hydrogen-bond acceptors (Lipinski definition) is 3. The Morgan fingerprint density at radius 1 is 1.20 bits per heavy atom. The first kappa shape index (κ1) is 13.0. The van der Waals surface area contributed by atoms with Crippen LogP contribution in [0, 0.1) is 0 Å². The normalized spacial score (nSPS) is 15.1. The van der Waals surface area contributed by atoms with Crippen LogP contribution in [0.3, 0.4) is 0 Å². The standard InChI is InChI=1S/C17H21N3/c18-17-15-9-10-19-12-14(15)6-7-16(17)20-11-8-13-4-2-1-3-5-13/h4,6-7,9-10,12,20H,1-3,5,8,11,18H2. The van der Waals surface area contributed by atoms with Gasteiger partial charge in [-0.25, -0.2) is 0 Å². The van der Waals surface area contributed by atoms with Gasteiger partial charge in [0.25, 0.3) is 0 Å². The minimum Gasteiger partial charge on any atom is -0.397 e. The predicted molar refractivity (Wildman–Crippen MR) is 85.8 cm³/mol. The molecule has 0 saturated carbocycles. The highest BCUT2D eigenvalue weighted by Crippen LogP contribution is 2.28. The molecule has 0 fully saturated rings. The molecule has 0 unspecified atom stereocenters. The van der Waals surface area contributed by atoms with E-state index in [0.29, 0.717) is 0 Å².